The first-order chi connectivity index (χ1) is 8.76. The number of ether oxygens (including phenoxy) is 1. The molecule has 18 heavy (non-hydrogen) atoms. The Morgan fingerprint density at radius 3 is 2.67 bits per heavy atom. The van der Waals surface area contributed by atoms with Gasteiger partial charge in [0.15, 0.2) is 0 Å². The molecular weight excluding hydrogens is 226 g/mol. The molecule has 0 aliphatic rings. The molecule has 1 N–H and O–H groups in total. The summed E-state index contributed by atoms with van der Waals surface area (Å²) in [5.74, 6) is 0.869. The van der Waals surface area contributed by atoms with E-state index in [1.54, 1.807) is 19.6 Å². The highest BCUT2D eigenvalue weighted by Gasteiger charge is 2.15. The second-order valence-corrected chi connectivity index (χ2v) is 4.08. The third-order valence-electron chi connectivity index (χ3n) is 2.98. The highest BCUT2D eigenvalue weighted by Crippen LogP contribution is 2.25. The van der Waals surface area contributed by atoms with Gasteiger partial charge in [0.1, 0.15) is 12.1 Å². The minimum Gasteiger partial charge on any atom is -0.497 e. The van der Waals surface area contributed by atoms with Crippen LogP contribution < -0.4 is 10.1 Å². The van der Waals surface area contributed by atoms with E-state index >= 15 is 0 Å². The van der Waals surface area contributed by atoms with Crippen LogP contribution in [0.4, 0.5) is 0 Å². The number of nitrogens with one attached hydrogen (secondary N) is 1. The van der Waals surface area contributed by atoms with Crippen LogP contribution in [0.25, 0.3) is 0 Å². The van der Waals surface area contributed by atoms with Crippen LogP contribution in [0.1, 0.15) is 22.9 Å². The number of hydrogen-bond acceptors (Lipinski definition) is 4. The zero-order valence-corrected chi connectivity index (χ0v) is 10.8. The van der Waals surface area contributed by atoms with Gasteiger partial charge in [0.2, 0.25) is 0 Å². The van der Waals surface area contributed by atoms with Gasteiger partial charge in [-0.25, -0.2) is 9.97 Å². The second-order valence-electron chi connectivity index (χ2n) is 4.08. The van der Waals surface area contributed by atoms with Crippen LogP contribution in [-0.4, -0.2) is 24.1 Å². The van der Waals surface area contributed by atoms with E-state index < -0.39 is 0 Å². The van der Waals surface area contributed by atoms with Crippen LogP contribution in [0.2, 0.25) is 0 Å². The number of methoxy groups -OCH3 is 1. The van der Waals surface area contributed by atoms with E-state index in [1.165, 1.54) is 11.1 Å². The van der Waals surface area contributed by atoms with Crippen molar-refractivity contribution in [3.8, 4) is 5.75 Å². The Hall–Kier alpha value is -1.94. The summed E-state index contributed by atoms with van der Waals surface area (Å²) >= 11 is 0. The molecule has 1 unspecified atom stereocenters. The Bertz CT molecular complexity index is 514. The summed E-state index contributed by atoms with van der Waals surface area (Å²) in [5, 5.41) is 3.28. The first-order valence-corrected chi connectivity index (χ1v) is 5.84. The third-order valence-corrected chi connectivity index (χ3v) is 2.98. The van der Waals surface area contributed by atoms with Crippen LogP contribution >= 0.6 is 0 Å². The molecule has 2 rings (SSSR count). The smallest absolute Gasteiger partial charge is 0.119 e. The van der Waals surface area contributed by atoms with Crippen molar-refractivity contribution in [2.75, 3.05) is 14.2 Å². The number of benzene rings is 1. The van der Waals surface area contributed by atoms with Crippen molar-refractivity contribution >= 4 is 0 Å². The number of aromatic nitrogens is 2. The van der Waals surface area contributed by atoms with E-state index in [-0.39, 0.29) is 6.04 Å². The van der Waals surface area contributed by atoms with Gasteiger partial charge in [0, 0.05) is 6.20 Å². The molecule has 1 atom stereocenters. The minimum atomic E-state index is 0.0684. The van der Waals surface area contributed by atoms with Crippen molar-refractivity contribution in [1.29, 1.82) is 0 Å². The normalized spacial score (nSPS) is 12.2. The van der Waals surface area contributed by atoms with Crippen molar-refractivity contribution < 1.29 is 4.74 Å². The summed E-state index contributed by atoms with van der Waals surface area (Å²) in [7, 11) is 3.60. The molecular formula is C14H17N3O. The zero-order chi connectivity index (χ0) is 13.0. The fourth-order valence-corrected chi connectivity index (χ4v) is 2.03. The molecule has 1 aromatic carbocycles. The molecule has 1 heterocycles. The summed E-state index contributed by atoms with van der Waals surface area (Å²) in [6.07, 6.45) is 3.32. The molecule has 0 saturated heterocycles. The first-order valence-electron chi connectivity index (χ1n) is 5.84. The molecule has 0 saturated carbocycles. The van der Waals surface area contributed by atoms with Crippen LogP contribution in [0.3, 0.4) is 0 Å². The number of rotatable bonds is 4. The standard InChI is InChI=1S/C14H17N3O/c1-10-8-11(18-3)4-5-12(10)14(15-2)13-6-7-16-9-17-13/h4-9,14-15H,1-3H3. The van der Waals surface area contributed by atoms with Crippen molar-refractivity contribution in [1.82, 2.24) is 15.3 Å². The zero-order valence-electron chi connectivity index (χ0n) is 10.8. The minimum absolute atomic E-state index is 0.0684. The van der Waals surface area contributed by atoms with Crippen LogP contribution in [0, 0.1) is 6.92 Å². The molecule has 4 heteroatoms. The van der Waals surface area contributed by atoms with Gasteiger partial charge in [0.05, 0.1) is 18.8 Å². The maximum atomic E-state index is 5.22. The van der Waals surface area contributed by atoms with E-state index in [1.807, 2.05) is 25.2 Å². The van der Waals surface area contributed by atoms with E-state index in [4.69, 9.17) is 4.74 Å². The quantitative estimate of drug-likeness (QED) is 0.893. The van der Waals surface area contributed by atoms with Crippen molar-refractivity contribution in [3.05, 3.63) is 53.6 Å². The van der Waals surface area contributed by atoms with Gasteiger partial charge >= 0.3 is 0 Å². The van der Waals surface area contributed by atoms with E-state index in [0.717, 1.165) is 11.4 Å². The molecule has 94 valence electrons. The Balaban J connectivity index is 2.39. The molecule has 0 radical (unpaired) electrons. The largest absolute Gasteiger partial charge is 0.497 e. The van der Waals surface area contributed by atoms with Gasteiger partial charge < -0.3 is 10.1 Å². The van der Waals surface area contributed by atoms with E-state index in [9.17, 15) is 0 Å². The SMILES string of the molecule is CNC(c1ccncn1)c1ccc(OC)cc1C. The van der Waals surface area contributed by atoms with Gasteiger partial charge in [-0.1, -0.05) is 6.07 Å². The molecule has 0 aliphatic carbocycles. The predicted octanol–water partition coefficient (Wildman–Crippen LogP) is 2.10. The van der Waals surface area contributed by atoms with Crippen molar-refractivity contribution in [2.45, 2.75) is 13.0 Å². The Labute approximate surface area is 107 Å². The van der Waals surface area contributed by atoms with Gasteiger partial charge in [-0.3, -0.25) is 0 Å². The molecule has 2 aromatic rings. The van der Waals surface area contributed by atoms with Crippen LogP contribution in [-0.2, 0) is 0 Å². The Morgan fingerprint density at radius 1 is 1.28 bits per heavy atom. The van der Waals surface area contributed by atoms with Crippen LogP contribution in [0.15, 0.2) is 36.8 Å². The summed E-state index contributed by atoms with van der Waals surface area (Å²) < 4.78 is 5.22. The summed E-state index contributed by atoms with van der Waals surface area (Å²) in [4.78, 5) is 8.25. The van der Waals surface area contributed by atoms with Crippen molar-refractivity contribution in [3.63, 3.8) is 0 Å². The second kappa shape index (κ2) is 5.60. The lowest BCUT2D eigenvalue weighted by Gasteiger charge is -2.18. The van der Waals surface area contributed by atoms with Gasteiger partial charge in [0.25, 0.3) is 0 Å². The van der Waals surface area contributed by atoms with Crippen LogP contribution in [0.5, 0.6) is 5.75 Å². The van der Waals surface area contributed by atoms with E-state index in [0.29, 0.717) is 0 Å². The molecule has 0 amide bonds. The molecule has 0 fully saturated rings. The predicted molar refractivity (Wildman–Crippen MR) is 70.7 cm³/mol. The Morgan fingerprint density at radius 2 is 2.11 bits per heavy atom. The summed E-state index contributed by atoms with van der Waals surface area (Å²) in [6, 6.07) is 8.05. The number of hydrogen-bond donors (Lipinski definition) is 1. The average molecular weight is 243 g/mol. The van der Waals surface area contributed by atoms with E-state index in [2.05, 4.69) is 28.3 Å². The Kier molecular flexibility index (Phi) is 3.89. The lowest BCUT2D eigenvalue weighted by Crippen LogP contribution is -2.19. The fourth-order valence-electron chi connectivity index (χ4n) is 2.03. The lowest BCUT2D eigenvalue weighted by atomic mass is 9.98. The molecule has 1 aromatic heterocycles. The molecule has 0 bridgehead atoms. The maximum absolute atomic E-state index is 5.22. The summed E-state index contributed by atoms with van der Waals surface area (Å²) in [6.45, 7) is 2.07. The highest BCUT2D eigenvalue weighted by atomic mass is 16.5. The molecule has 0 aliphatic heterocycles. The van der Waals surface area contributed by atoms with Gasteiger partial charge in [-0.05, 0) is 43.3 Å². The highest BCUT2D eigenvalue weighted by molar-refractivity contribution is 5.39. The topological polar surface area (TPSA) is 47.0 Å². The first kappa shape index (κ1) is 12.5. The molecule has 4 nitrogen and oxygen atoms in total. The third kappa shape index (κ3) is 2.49. The van der Waals surface area contributed by atoms with Gasteiger partial charge in [-0.2, -0.15) is 0 Å². The maximum Gasteiger partial charge on any atom is 0.119 e. The van der Waals surface area contributed by atoms with Crippen molar-refractivity contribution in [2.24, 2.45) is 0 Å². The lowest BCUT2D eigenvalue weighted by molar-refractivity contribution is 0.414. The molecule has 0 spiro atoms. The number of nitrogens with zero attached hydrogens (tertiary/aromatic N) is 2. The number of aryl methyl sites for hydroxylation is 1. The monoisotopic (exact) mass is 243 g/mol. The fraction of sp³-hybridized carbons (Fsp3) is 0.286. The summed E-state index contributed by atoms with van der Waals surface area (Å²) in [5.41, 5.74) is 3.32. The average Bonchev–Trinajstić information content (AvgIpc) is 2.42. The van der Waals surface area contributed by atoms with Gasteiger partial charge in [-0.15, -0.1) is 0 Å².